The Morgan fingerprint density at radius 1 is 1.09 bits per heavy atom. The highest BCUT2D eigenvalue weighted by Crippen LogP contribution is 2.38. The van der Waals surface area contributed by atoms with Crippen LogP contribution in [0.2, 0.25) is 0 Å². The number of hydrogen-bond donors (Lipinski definition) is 3. The first-order valence-electron chi connectivity index (χ1n) is 11.4. The summed E-state index contributed by atoms with van der Waals surface area (Å²) >= 11 is 1.66. The lowest BCUT2D eigenvalue weighted by atomic mass is 10.1. The molecular formula is C25H28N6OS. The molecular weight excluding hydrogens is 432 g/mol. The van der Waals surface area contributed by atoms with E-state index in [4.69, 9.17) is 15.0 Å². The van der Waals surface area contributed by atoms with Gasteiger partial charge in [-0.25, -0.2) is 9.97 Å². The first-order chi connectivity index (χ1) is 16.1. The van der Waals surface area contributed by atoms with Crippen LogP contribution >= 0.6 is 11.3 Å². The highest BCUT2D eigenvalue weighted by molar-refractivity contribution is 7.21. The number of anilines is 2. The molecule has 1 fully saturated rings. The third-order valence-corrected chi connectivity index (χ3v) is 7.27. The summed E-state index contributed by atoms with van der Waals surface area (Å²) in [6.45, 7) is 4.30. The summed E-state index contributed by atoms with van der Waals surface area (Å²) in [7, 11) is 0. The molecule has 4 aromatic rings. The second-order valence-electron chi connectivity index (χ2n) is 8.67. The number of aliphatic hydroxyl groups excluding tert-OH is 1. The number of aliphatic hydroxyl groups is 1. The molecule has 0 amide bonds. The van der Waals surface area contributed by atoms with Gasteiger partial charge < -0.3 is 15.7 Å². The molecule has 5 rings (SSSR count). The van der Waals surface area contributed by atoms with Crippen LogP contribution in [0.4, 0.5) is 11.8 Å². The monoisotopic (exact) mass is 460 g/mol. The number of nitrogens with zero attached hydrogens (tertiary/aromatic N) is 4. The van der Waals surface area contributed by atoms with Gasteiger partial charge in [-0.1, -0.05) is 18.2 Å². The predicted octanol–water partition coefficient (Wildman–Crippen LogP) is 5.20. The quantitative estimate of drug-likeness (QED) is 0.349. The fourth-order valence-corrected chi connectivity index (χ4v) is 5.51. The molecule has 3 atom stereocenters. The fraction of sp³-hybridized carbons (Fsp3) is 0.360. The van der Waals surface area contributed by atoms with E-state index in [0.717, 1.165) is 57.3 Å². The Labute approximate surface area is 197 Å². The molecule has 3 unspecified atom stereocenters. The number of aryl methyl sites for hydroxylation is 1. The van der Waals surface area contributed by atoms with Crippen LogP contribution in [0.25, 0.3) is 20.8 Å². The lowest BCUT2D eigenvalue weighted by Gasteiger charge is -2.20. The third-order valence-electron chi connectivity index (χ3n) is 6.21. The van der Waals surface area contributed by atoms with Crippen molar-refractivity contribution in [2.75, 3.05) is 17.2 Å². The summed E-state index contributed by atoms with van der Waals surface area (Å²) in [5, 5.41) is 17.6. The van der Waals surface area contributed by atoms with Gasteiger partial charge in [-0.15, -0.1) is 11.3 Å². The Kier molecular flexibility index (Phi) is 6.20. The molecule has 0 saturated heterocycles. The topological polar surface area (TPSA) is 95.9 Å². The maximum atomic E-state index is 9.58. The second-order valence-corrected chi connectivity index (χ2v) is 9.70. The van der Waals surface area contributed by atoms with Gasteiger partial charge in [0.2, 0.25) is 5.95 Å². The van der Waals surface area contributed by atoms with E-state index in [0.29, 0.717) is 11.9 Å². The highest BCUT2D eigenvalue weighted by Gasteiger charge is 2.27. The number of fused-ring (bicyclic) bond motifs is 1. The van der Waals surface area contributed by atoms with Crippen molar-refractivity contribution in [3.63, 3.8) is 0 Å². The molecule has 0 aliphatic heterocycles. The van der Waals surface area contributed by atoms with Crippen LogP contribution in [0.5, 0.6) is 0 Å². The normalized spacial score (nSPS) is 19.0. The van der Waals surface area contributed by atoms with Crippen molar-refractivity contribution in [1.82, 2.24) is 19.9 Å². The average molecular weight is 461 g/mol. The van der Waals surface area contributed by atoms with Gasteiger partial charge in [0.05, 0.1) is 33.2 Å². The molecule has 8 heteroatoms. The summed E-state index contributed by atoms with van der Waals surface area (Å²) < 4.78 is 1.14. The van der Waals surface area contributed by atoms with E-state index in [2.05, 4.69) is 28.6 Å². The number of hydrogen-bond acceptors (Lipinski definition) is 8. The SMILES string of the molecule is Cc1nc(NC(C)c2ccccn2)nc(NC2CCC(CO)C2)c1-c1nc2ccccc2s1. The zero-order valence-corrected chi connectivity index (χ0v) is 19.6. The Hall–Kier alpha value is -3.10. The predicted molar refractivity (Wildman–Crippen MR) is 133 cm³/mol. The van der Waals surface area contributed by atoms with Gasteiger partial charge >= 0.3 is 0 Å². The molecule has 0 spiro atoms. The number of thiazole rings is 1. The highest BCUT2D eigenvalue weighted by atomic mass is 32.1. The molecule has 3 heterocycles. The smallest absolute Gasteiger partial charge is 0.225 e. The van der Waals surface area contributed by atoms with E-state index < -0.39 is 0 Å². The van der Waals surface area contributed by atoms with Crippen LogP contribution in [0, 0.1) is 12.8 Å². The van der Waals surface area contributed by atoms with Crippen molar-refractivity contribution < 1.29 is 5.11 Å². The molecule has 0 bridgehead atoms. The number of para-hydroxylation sites is 1. The van der Waals surface area contributed by atoms with E-state index in [1.165, 1.54) is 0 Å². The Balaban J connectivity index is 1.51. The minimum atomic E-state index is -0.0306. The zero-order valence-electron chi connectivity index (χ0n) is 18.8. The molecule has 1 saturated carbocycles. The van der Waals surface area contributed by atoms with E-state index >= 15 is 0 Å². The number of pyridine rings is 1. The van der Waals surface area contributed by atoms with Crippen molar-refractivity contribution in [1.29, 1.82) is 0 Å². The Morgan fingerprint density at radius 2 is 1.94 bits per heavy atom. The summed E-state index contributed by atoms with van der Waals surface area (Å²) in [5.74, 6) is 1.70. The summed E-state index contributed by atoms with van der Waals surface area (Å²) in [6.07, 6.45) is 4.77. The average Bonchev–Trinajstić information content (AvgIpc) is 3.46. The fourth-order valence-electron chi connectivity index (χ4n) is 4.44. The van der Waals surface area contributed by atoms with Gasteiger partial charge in [0.1, 0.15) is 10.8 Å². The van der Waals surface area contributed by atoms with E-state index in [1.54, 1.807) is 17.5 Å². The maximum absolute atomic E-state index is 9.58. The standard InChI is InChI=1S/C25H28N6OS/c1-15(19-7-5-6-12-26-19)27-25-28-16(2)22(24-30-20-8-3-4-9-21(20)33-24)23(31-25)29-18-11-10-17(13-18)14-32/h3-9,12,15,17-18,32H,10-11,13-14H2,1-2H3,(H2,27,28,29,31). The van der Waals surface area contributed by atoms with Gasteiger partial charge in [-0.05, 0) is 63.3 Å². The van der Waals surface area contributed by atoms with Gasteiger partial charge in [0.25, 0.3) is 0 Å². The Morgan fingerprint density at radius 3 is 2.70 bits per heavy atom. The molecule has 7 nitrogen and oxygen atoms in total. The molecule has 1 aliphatic carbocycles. The molecule has 170 valence electrons. The number of rotatable bonds is 7. The van der Waals surface area contributed by atoms with Crippen molar-refractivity contribution in [2.24, 2.45) is 5.92 Å². The van der Waals surface area contributed by atoms with Crippen molar-refractivity contribution in [3.8, 4) is 10.6 Å². The minimum Gasteiger partial charge on any atom is -0.396 e. The lowest BCUT2D eigenvalue weighted by Crippen LogP contribution is -2.20. The molecule has 33 heavy (non-hydrogen) atoms. The van der Waals surface area contributed by atoms with Crippen LogP contribution in [0.3, 0.4) is 0 Å². The van der Waals surface area contributed by atoms with Crippen molar-refractivity contribution in [2.45, 2.75) is 45.2 Å². The first kappa shape index (κ1) is 21.7. The number of benzene rings is 1. The number of nitrogens with one attached hydrogen (secondary N) is 2. The van der Waals surface area contributed by atoms with E-state index in [-0.39, 0.29) is 18.7 Å². The molecule has 0 radical (unpaired) electrons. The molecule has 1 aliphatic rings. The minimum absolute atomic E-state index is 0.0306. The molecule has 1 aromatic carbocycles. The van der Waals surface area contributed by atoms with Crippen molar-refractivity contribution >= 4 is 33.3 Å². The van der Waals surface area contributed by atoms with Crippen LogP contribution < -0.4 is 10.6 Å². The Bertz CT molecular complexity index is 1210. The molecule has 3 N–H and O–H groups in total. The summed E-state index contributed by atoms with van der Waals surface area (Å²) in [6, 6.07) is 14.3. The van der Waals surface area contributed by atoms with E-state index in [1.807, 2.05) is 43.3 Å². The summed E-state index contributed by atoms with van der Waals surface area (Å²) in [4.78, 5) is 19.0. The third kappa shape index (κ3) is 4.67. The van der Waals surface area contributed by atoms with Crippen LogP contribution in [0.15, 0.2) is 48.7 Å². The summed E-state index contributed by atoms with van der Waals surface area (Å²) in [5.41, 5.74) is 3.73. The van der Waals surface area contributed by atoms with Crippen molar-refractivity contribution in [3.05, 3.63) is 60.0 Å². The van der Waals surface area contributed by atoms with Gasteiger partial charge in [0, 0.05) is 18.8 Å². The van der Waals surface area contributed by atoms with Gasteiger partial charge in [-0.2, -0.15) is 4.98 Å². The van der Waals surface area contributed by atoms with Crippen LogP contribution in [0.1, 0.15) is 43.6 Å². The second kappa shape index (κ2) is 9.41. The lowest BCUT2D eigenvalue weighted by molar-refractivity contribution is 0.229. The first-order valence-corrected chi connectivity index (χ1v) is 12.2. The largest absolute Gasteiger partial charge is 0.396 e. The van der Waals surface area contributed by atoms with Gasteiger partial charge in [0.15, 0.2) is 0 Å². The molecule has 3 aromatic heterocycles. The zero-order chi connectivity index (χ0) is 22.8. The van der Waals surface area contributed by atoms with E-state index in [9.17, 15) is 5.11 Å². The maximum Gasteiger partial charge on any atom is 0.225 e. The number of aromatic nitrogens is 4. The van der Waals surface area contributed by atoms with Crippen LogP contribution in [-0.2, 0) is 0 Å². The van der Waals surface area contributed by atoms with Gasteiger partial charge in [-0.3, -0.25) is 4.98 Å². The van der Waals surface area contributed by atoms with Crippen LogP contribution in [-0.4, -0.2) is 37.7 Å².